The number of amides is 1. The van der Waals surface area contributed by atoms with Crippen LogP contribution in [0.25, 0.3) is 0 Å². The Kier molecular flexibility index (Phi) is 3.56. The van der Waals surface area contributed by atoms with E-state index in [9.17, 15) is 13.6 Å². The molecule has 0 fully saturated rings. The lowest BCUT2D eigenvalue weighted by molar-refractivity contribution is -0.120. The lowest BCUT2D eigenvalue weighted by Gasteiger charge is -2.05. The molecule has 0 aliphatic carbocycles. The fourth-order valence-electron chi connectivity index (χ4n) is 1.36. The largest absolute Gasteiger partial charge is 0.348 e. The Bertz CT molecular complexity index is 523. The first-order chi connectivity index (χ1) is 8.66. The number of carbonyl (C=O) groups is 1. The van der Waals surface area contributed by atoms with Gasteiger partial charge in [0.25, 0.3) is 0 Å². The van der Waals surface area contributed by atoms with Crippen LogP contribution in [0.1, 0.15) is 11.4 Å². The van der Waals surface area contributed by atoms with Crippen molar-refractivity contribution in [2.45, 2.75) is 13.0 Å². The van der Waals surface area contributed by atoms with E-state index in [1.54, 1.807) is 0 Å². The van der Waals surface area contributed by atoms with Gasteiger partial charge < -0.3 is 5.32 Å². The molecule has 0 atom stereocenters. The Balaban J connectivity index is 1.95. The van der Waals surface area contributed by atoms with E-state index in [1.165, 1.54) is 6.07 Å². The Morgan fingerprint density at radius 1 is 1.33 bits per heavy atom. The Labute approximate surface area is 100 Å². The maximum atomic E-state index is 13.3. The van der Waals surface area contributed by atoms with Crippen molar-refractivity contribution in [2.24, 2.45) is 0 Å². The first-order valence-corrected chi connectivity index (χ1v) is 5.08. The molecule has 0 saturated carbocycles. The van der Waals surface area contributed by atoms with Gasteiger partial charge in [0, 0.05) is 5.56 Å². The van der Waals surface area contributed by atoms with Gasteiger partial charge in [-0.05, 0) is 12.1 Å². The number of tetrazole rings is 1. The summed E-state index contributed by atoms with van der Waals surface area (Å²) < 4.78 is 26.5. The molecular formula is C10H9F2N5O. The van der Waals surface area contributed by atoms with Crippen LogP contribution >= 0.6 is 0 Å². The van der Waals surface area contributed by atoms with Crippen molar-refractivity contribution >= 4 is 5.91 Å². The number of rotatable bonds is 4. The molecule has 0 bridgehead atoms. The lowest BCUT2D eigenvalue weighted by atomic mass is 10.1. The van der Waals surface area contributed by atoms with Crippen LogP contribution in [0.5, 0.6) is 0 Å². The van der Waals surface area contributed by atoms with E-state index in [2.05, 4.69) is 25.9 Å². The van der Waals surface area contributed by atoms with E-state index < -0.39 is 17.5 Å². The van der Waals surface area contributed by atoms with Gasteiger partial charge in [-0.25, -0.2) is 8.78 Å². The minimum absolute atomic E-state index is 0.0470. The summed E-state index contributed by atoms with van der Waals surface area (Å²) in [5.74, 6) is -1.73. The molecule has 0 aliphatic heterocycles. The summed E-state index contributed by atoms with van der Waals surface area (Å²) in [7, 11) is 0. The monoisotopic (exact) mass is 253 g/mol. The highest BCUT2D eigenvalue weighted by molar-refractivity contribution is 5.78. The summed E-state index contributed by atoms with van der Waals surface area (Å²) in [6.45, 7) is 0.0470. The fraction of sp³-hybridized carbons (Fsp3) is 0.200. The zero-order valence-corrected chi connectivity index (χ0v) is 9.15. The molecule has 0 spiro atoms. The van der Waals surface area contributed by atoms with Crippen LogP contribution in [0.15, 0.2) is 18.2 Å². The van der Waals surface area contributed by atoms with Gasteiger partial charge in [0.15, 0.2) is 5.82 Å². The number of hydrogen-bond acceptors (Lipinski definition) is 4. The molecule has 2 aromatic rings. The standard InChI is InChI=1S/C10H9F2N5O/c11-7-2-1-3-8(12)6(7)4-10(18)13-5-9-14-16-17-15-9/h1-3H,4-5H2,(H,13,18)(H,14,15,16,17). The topological polar surface area (TPSA) is 83.6 Å². The third kappa shape index (κ3) is 2.84. The summed E-state index contributed by atoms with van der Waals surface area (Å²) >= 11 is 0. The van der Waals surface area contributed by atoms with E-state index in [0.29, 0.717) is 0 Å². The summed E-state index contributed by atoms with van der Waals surface area (Å²) in [6.07, 6.45) is -0.379. The summed E-state index contributed by atoms with van der Waals surface area (Å²) in [5.41, 5.74) is -0.261. The number of benzene rings is 1. The first-order valence-electron chi connectivity index (χ1n) is 5.08. The highest BCUT2D eigenvalue weighted by Crippen LogP contribution is 2.12. The van der Waals surface area contributed by atoms with Crippen LogP contribution in [0, 0.1) is 11.6 Å². The molecule has 0 radical (unpaired) electrons. The van der Waals surface area contributed by atoms with E-state index in [0.717, 1.165) is 12.1 Å². The second-order valence-electron chi connectivity index (χ2n) is 3.48. The molecule has 1 heterocycles. The van der Waals surface area contributed by atoms with Gasteiger partial charge in [-0.1, -0.05) is 11.3 Å². The summed E-state index contributed by atoms with van der Waals surface area (Å²) in [4.78, 5) is 11.5. The van der Waals surface area contributed by atoms with Crippen molar-refractivity contribution in [3.8, 4) is 0 Å². The smallest absolute Gasteiger partial charge is 0.225 e. The molecule has 18 heavy (non-hydrogen) atoms. The van der Waals surface area contributed by atoms with Crippen LogP contribution in [-0.4, -0.2) is 26.5 Å². The number of H-pyrrole nitrogens is 1. The molecule has 6 nitrogen and oxygen atoms in total. The molecule has 2 N–H and O–H groups in total. The van der Waals surface area contributed by atoms with Crippen LogP contribution < -0.4 is 5.32 Å². The maximum absolute atomic E-state index is 13.3. The normalized spacial score (nSPS) is 10.3. The van der Waals surface area contributed by atoms with Gasteiger partial charge in [0.05, 0.1) is 13.0 Å². The second kappa shape index (κ2) is 5.30. The molecule has 0 aliphatic rings. The van der Waals surface area contributed by atoms with Gasteiger partial charge in [0.1, 0.15) is 11.6 Å². The third-order valence-electron chi connectivity index (χ3n) is 2.23. The van der Waals surface area contributed by atoms with Gasteiger partial charge in [-0.15, -0.1) is 10.2 Å². The number of carbonyl (C=O) groups excluding carboxylic acids is 1. The van der Waals surface area contributed by atoms with Crippen molar-refractivity contribution in [2.75, 3.05) is 0 Å². The minimum Gasteiger partial charge on any atom is -0.348 e. The van der Waals surface area contributed by atoms with Crippen molar-refractivity contribution in [1.29, 1.82) is 0 Å². The molecule has 1 aromatic heterocycles. The quantitative estimate of drug-likeness (QED) is 0.822. The lowest BCUT2D eigenvalue weighted by Crippen LogP contribution is -2.26. The van der Waals surface area contributed by atoms with Crippen molar-refractivity contribution in [3.05, 3.63) is 41.2 Å². The number of nitrogens with zero attached hydrogens (tertiary/aromatic N) is 3. The second-order valence-corrected chi connectivity index (χ2v) is 3.48. The number of aromatic nitrogens is 4. The van der Waals surface area contributed by atoms with Gasteiger partial charge in [-0.2, -0.15) is 5.21 Å². The summed E-state index contributed by atoms with van der Waals surface area (Å²) in [5, 5.41) is 15.2. The Morgan fingerprint density at radius 2 is 2.06 bits per heavy atom. The van der Waals surface area contributed by atoms with Crippen molar-refractivity contribution in [1.82, 2.24) is 25.9 Å². The van der Waals surface area contributed by atoms with Crippen molar-refractivity contribution < 1.29 is 13.6 Å². The molecule has 0 unspecified atom stereocenters. The SMILES string of the molecule is O=C(Cc1c(F)cccc1F)NCc1nn[nH]n1. The molecular weight excluding hydrogens is 244 g/mol. The predicted octanol–water partition coefficient (Wildman–Crippen LogP) is 0.337. The fourth-order valence-corrected chi connectivity index (χ4v) is 1.36. The van der Waals surface area contributed by atoms with E-state index in [-0.39, 0.29) is 24.4 Å². The first kappa shape index (κ1) is 12.1. The average Bonchev–Trinajstić information content (AvgIpc) is 2.84. The minimum atomic E-state index is -0.746. The zero-order chi connectivity index (χ0) is 13.0. The summed E-state index contributed by atoms with van der Waals surface area (Å²) in [6, 6.07) is 3.45. The number of nitrogens with one attached hydrogen (secondary N) is 2. The van der Waals surface area contributed by atoms with Crippen molar-refractivity contribution in [3.63, 3.8) is 0 Å². The average molecular weight is 253 g/mol. The molecule has 0 saturated heterocycles. The van der Waals surface area contributed by atoms with E-state index in [1.807, 2.05) is 0 Å². The molecule has 8 heteroatoms. The number of hydrogen-bond donors (Lipinski definition) is 2. The van der Waals surface area contributed by atoms with Gasteiger partial charge >= 0.3 is 0 Å². The van der Waals surface area contributed by atoms with Crippen LogP contribution in [0.2, 0.25) is 0 Å². The molecule has 94 valence electrons. The predicted molar refractivity (Wildman–Crippen MR) is 56.1 cm³/mol. The Morgan fingerprint density at radius 3 is 2.67 bits per heavy atom. The highest BCUT2D eigenvalue weighted by Gasteiger charge is 2.13. The highest BCUT2D eigenvalue weighted by atomic mass is 19.1. The Hall–Kier alpha value is -2.38. The van der Waals surface area contributed by atoms with E-state index in [4.69, 9.17) is 0 Å². The molecule has 1 amide bonds. The van der Waals surface area contributed by atoms with Crippen LogP contribution in [0.4, 0.5) is 8.78 Å². The van der Waals surface area contributed by atoms with Crippen LogP contribution in [0.3, 0.4) is 0 Å². The maximum Gasteiger partial charge on any atom is 0.225 e. The molecule has 2 rings (SSSR count). The van der Waals surface area contributed by atoms with Crippen LogP contribution in [-0.2, 0) is 17.8 Å². The number of halogens is 2. The number of aromatic amines is 1. The third-order valence-corrected chi connectivity index (χ3v) is 2.23. The van der Waals surface area contributed by atoms with Gasteiger partial charge in [0.2, 0.25) is 5.91 Å². The van der Waals surface area contributed by atoms with E-state index >= 15 is 0 Å². The zero-order valence-electron chi connectivity index (χ0n) is 9.15. The van der Waals surface area contributed by atoms with Gasteiger partial charge in [-0.3, -0.25) is 4.79 Å². The molecule has 1 aromatic carbocycles.